The predicted octanol–water partition coefficient (Wildman–Crippen LogP) is 1.62. The lowest BCUT2D eigenvalue weighted by Crippen LogP contribution is -2.42. The lowest BCUT2D eigenvalue weighted by atomic mass is 10.3. The molecule has 2 rings (SSSR count). The number of thiophene rings is 1. The van der Waals surface area contributed by atoms with Gasteiger partial charge in [0.15, 0.2) is 0 Å². The van der Waals surface area contributed by atoms with Gasteiger partial charge >= 0.3 is 12.0 Å². The molecule has 18 heavy (non-hydrogen) atoms. The van der Waals surface area contributed by atoms with Crippen molar-refractivity contribution in [1.29, 1.82) is 0 Å². The third-order valence-electron chi connectivity index (χ3n) is 2.64. The van der Waals surface area contributed by atoms with Gasteiger partial charge in [-0.15, -0.1) is 11.3 Å². The summed E-state index contributed by atoms with van der Waals surface area (Å²) in [6.45, 7) is 3.91. The van der Waals surface area contributed by atoms with Crippen LogP contribution in [0.25, 0.3) is 0 Å². The first kappa shape index (κ1) is 12.8. The summed E-state index contributed by atoms with van der Waals surface area (Å²) in [5, 5.41) is 12.2. The zero-order chi connectivity index (χ0) is 13.1. The molecular formula is C11H14N2O4S. The van der Waals surface area contributed by atoms with Gasteiger partial charge < -0.3 is 14.7 Å². The van der Waals surface area contributed by atoms with E-state index in [4.69, 9.17) is 9.84 Å². The first-order chi connectivity index (χ1) is 8.58. The molecule has 2 heterocycles. The van der Waals surface area contributed by atoms with Gasteiger partial charge in [0.25, 0.3) is 0 Å². The van der Waals surface area contributed by atoms with Crippen molar-refractivity contribution < 1.29 is 19.4 Å². The maximum atomic E-state index is 11.9. The molecule has 98 valence electrons. The van der Waals surface area contributed by atoms with Crippen LogP contribution in [0.2, 0.25) is 0 Å². The van der Waals surface area contributed by atoms with E-state index in [1.54, 1.807) is 17.9 Å². The van der Waals surface area contributed by atoms with E-state index in [1.807, 2.05) is 0 Å². The van der Waals surface area contributed by atoms with Gasteiger partial charge in [0.1, 0.15) is 4.88 Å². The summed E-state index contributed by atoms with van der Waals surface area (Å²) in [4.78, 5) is 24.7. The fourth-order valence-electron chi connectivity index (χ4n) is 1.71. The van der Waals surface area contributed by atoms with Crippen LogP contribution >= 0.6 is 11.3 Å². The highest BCUT2D eigenvalue weighted by molar-refractivity contribution is 7.18. The molecule has 0 spiro atoms. The second kappa shape index (κ2) is 5.36. The van der Waals surface area contributed by atoms with Crippen LogP contribution in [0.4, 0.5) is 9.80 Å². The number of anilines is 1. The molecule has 1 aliphatic rings. The number of hydrogen-bond acceptors (Lipinski definition) is 4. The van der Waals surface area contributed by atoms with E-state index in [-0.39, 0.29) is 10.9 Å². The van der Waals surface area contributed by atoms with E-state index in [0.29, 0.717) is 36.9 Å². The zero-order valence-electron chi connectivity index (χ0n) is 9.93. The van der Waals surface area contributed by atoms with Crippen LogP contribution in [0.5, 0.6) is 0 Å². The summed E-state index contributed by atoms with van der Waals surface area (Å²) in [6.07, 6.45) is 0. The summed E-state index contributed by atoms with van der Waals surface area (Å²) in [6, 6.07) is 1.46. The first-order valence-electron chi connectivity index (χ1n) is 5.55. The number of nitrogens with zero attached hydrogens (tertiary/aromatic N) is 1. The largest absolute Gasteiger partial charge is 0.477 e. The highest BCUT2D eigenvalue weighted by atomic mass is 32.1. The molecule has 0 aliphatic carbocycles. The van der Waals surface area contributed by atoms with Crippen molar-refractivity contribution in [3.63, 3.8) is 0 Å². The number of aryl methyl sites for hydroxylation is 1. The number of nitrogens with one attached hydrogen (secondary N) is 1. The van der Waals surface area contributed by atoms with Crippen LogP contribution in [0.1, 0.15) is 15.2 Å². The quantitative estimate of drug-likeness (QED) is 0.856. The molecule has 1 aliphatic heterocycles. The smallest absolute Gasteiger partial charge is 0.346 e. The number of ether oxygens (including phenoxy) is 1. The number of carbonyl (C=O) groups excluding carboxylic acids is 1. The number of amides is 2. The molecule has 6 nitrogen and oxygen atoms in total. The van der Waals surface area contributed by atoms with Crippen LogP contribution in [0.15, 0.2) is 6.07 Å². The maximum absolute atomic E-state index is 11.9. The summed E-state index contributed by atoms with van der Waals surface area (Å²) < 4.78 is 5.16. The molecule has 0 atom stereocenters. The van der Waals surface area contributed by atoms with Gasteiger partial charge in [-0.05, 0) is 18.6 Å². The molecule has 2 N–H and O–H groups in total. The van der Waals surface area contributed by atoms with Crippen molar-refractivity contribution in [1.82, 2.24) is 4.90 Å². The van der Waals surface area contributed by atoms with E-state index in [0.717, 1.165) is 11.3 Å². The Hall–Kier alpha value is -1.60. The average molecular weight is 270 g/mol. The Morgan fingerprint density at radius 3 is 2.67 bits per heavy atom. The number of aromatic carboxylic acids is 1. The van der Waals surface area contributed by atoms with Crippen molar-refractivity contribution in [2.24, 2.45) is 0 Å². The van der Waals surface area contributed by atoms with E-state index >= 15 is 0 Å². The van der Waals surface area contributed by atoms with Gasteiger partial charge in [-0.1, -0.05) is 0 Å². The maximum Gasteiger partial charge on any atom is 0.346 e. The Morgan fingerprint density at radius 2 is 2.11 bits per heavy atom. The summed E-state index contributed by atoms with van der Waals surface area (Å²) in [7, 11) is 0. The Kier molecular flexibility index (Phi) is 3.83. The highest BCUT2D eigenvalue weighted by Crippen LogP contribution is 2.26. The van der Waals surface area contributed by atoms with Gasteiger partial charge in [-0.25, -0.2) is 9.59 Å². The number of morpholine rings is 1. The van der Waals surface area contributed by atoms with E-state index in [1.165, 1.54) is 0 Å². The van der Waals surface area contributed by atoms with E-state index in [9.17, 15) is 9.59 Å². The molecule has 7 heteroatoms. The lowest BCUT2D eigenvalue weighted by molar-refractivity contribution is 0.0565. The summed E-state index contributed by atoms with van der Waals surface area (Å²) >= 11 is 1.07. The minimum atomic E-state index is -0.968. The molecular weight excluding hydrogens is 256 g/mol. The molecule has 1 fully saturated rings. The van der Waals surface area contributed by atoms with Crippen molar-refractivity contribution in [2.75, 3.05) is 31.6 Å². The van der Waals surface area contributed by atoms with E-state index in [2.05, 4.69) is 5.32 Å². The second-order valence-electron chi connectivity index (χ2n) is 3.96. The van der Waals surface area contributed by atoms with Crippen molar-refractivity contribution >= 4 is 28.3 Å². The lowest BCUT2D eigenvalue weighted by Gasteiger charge is -2.26. The molecule has 1 saturated heterocycles. The Balaban J connectivity index is 2.02. The van der Waals surface area contributed by atoms with Gasteiger partial charge in [0.05, 0.1) is 18.2 Å². The third kappa shape index (κ3) is 2.80. The van der Waals surface area contributed by atoms with Gasteiger partial charge in [0, 0.05) is 13.1 Å². The average Bonchev–Trinajstić information content (AvgIpc) is 2.71. The van der Waals surface area contributed by atoms with Crippen LogP contribution < -0.4 is 5.32 Å². The number of carboxylic acid groups (broad SMARTS) is 1. The fraction of sp³-hybridized carbons (Fsp3) is 0.455. The third-order valence-corrected chi connectivity index (χ3v) is 3.78. The fourth-order valence-corrected chi connectivity index (χ4v) is 2.61. The Morgan fingerprint density at radius 1 is 1.44 bits per heavy atom. The Bertz CT molecular complexity index is 466. The first-order valence-corrected chi connectivity index (χ1v) is 6.37. The summed E-state index contributed by atoms with van der Waals surface area (Å²) in [5.41, 5.74) is 0.657. The molecule has 0 bridgehead atoms. The van der Waals surface area contributed by atoms with Gasteiger partial charge in [-0.3, -0.25) is 5.32 Å². The SMILES string of the molecule is Cc1cc(NC(=O)N2CCOCC2)sc1C(=O)O. The molecule has 0 saturated carbocycles. The van der Waals surface area contributed by atoms with Crippen LogP contribution in [0, 0.1) is 6.92 Å². The van der Waals surface area contributed by atoms with Crippen molar-refractivity contribution in [3.8, 4) is 0 Å². The molecule has 2 amide bonds. The predicted molar refractivity (Wildman–Crippen MR) is 67.4 cm³/mol. The highest BCUT2D eigenvalue weighted by Gasteiger charge is 2.19. The number of carbonyl (C=O) groups is 2. The molecule has 0 aromatic carbocycles. The molecule has 1 aromatic rings. The number of rotatable bonds is 2. The number of hydrogen-bond donors (Lipinski definition) is 2. The minimum Gasteiger partial charge on any atom is -0.477 e. The minimum absolute atomic E-state index is 0.212. The van der Waals surface area contributed by atoms with Crippen molar-refractivity contribution in [2.45, 2.75) is 6.92 Å². The van der Waals surface area contributed by atoms with Gasteiger partial charge in [-0.2, -0.15) is 0 Å². The van der Waals surface area contributed by atoms with Crippen LogP contribution in [-0.2, 0) is 4.74 Å². The zero-order valence-corrected chi connectivity index (χ0v) is 10.7. The molecule has 1 aromatic heterocycles. The van der Waals surface area contributed by atoms with Crippen LogP contribution in [-0.4, -0.2) is 48.3 Å². The Labute approximate surface area is 108 Å². The monoisotopic (exact) mass is 270 g/mol. The standard InChI is InChI=1S/C11H14N2O4S/c1-7-6-8(18-9(7)10(14)15)12-11(16)13-2-4-17-5-3-13/h6H,2-5H2,1H3,(H,12,16)(H,14,15). The molecule has 0 unspecified atom stereocenters. The van der Waals surface area contributed by atoms with E-state index < -0.39 is 5.97 Å². The van der Waals surface area contributed by atoms with Crippen molar-refractivity contribution in [3.05, 3.63) is 16.5 Å². The normalized spacial score (nSPS) is 15.5. The van der Waals surface area contributed by atoms with Gasteiger partial charge in [0.2, 0.25) is 0 Å². The van der Waals surface area contributed by atoms with Crippen LogP contribution in [0.3, 0.4) is 0 Å². The molecule has 0 radical (unpaired) electrons. The topological polar surface area (TPSA) is 78.9 Å². The number of carboxylic acids is 1. The number of urea groups is 1. The second-order valence-corrected chi connectivity index (χ2v) is 5.01. The summed E-state index contributed by atoms with van der Waals surface area (Å²) in [5.74, 6) is -0.968.